The van der Waals surface area contributed by atoms with Crippen LogP contribution < -0.4 is 5.32 Å². The van der Waals surface area contributed by atoms with Gasteiger partial charge in [-0.15, -0.1) is 0 Å². The molecule has 2 aromatic rings. The van der Waals surface area contributed by atoms with Gasteiger partial charge in [0.2, 0.25) is 0 Å². The molecule has 0 radical (unpaired) electrons. The lowest BCUT2D eigenvalue weighted by Gasteiger charge is -2.00. The van der Waals surface area contributed by atoms with E-state index in [0.717, 1.165) is 0 Å². The van der Waals surface area contributed by atoms with Crippen molar-refractivity contribution in [3.8, 4) is 5.75 Å². The van der Waals surface area contributed by atoms with Crippen molar-refractivity contribution < 1.29 is 14.6 Å². The van der Waals surface area contributed by atoms with E-state index in [9.17, 15) is 9.90 Å². The van der Waals surface area contributed by atoms with Crippen LogP contribution in [0.5, 0.6) is 5.75 Å². The highest BCUT2D eigenvalue weighted by Gasteiger charge is 2.17. The SMILES string of the molecule is CNCc1nc(C(=O)OC)c2cc(O)ccn12. The minimum absolute atomic E-state index is 0.0820. The zero-order valence-corrected chi connectivity index (χ0v) is 9.60. The first-order valence-electron chi connectivity index (χ1n) is 5.10. The fourth-order valence-corrected chi connectivity index (χ4v) is 1.67. The van der Waals surface area contributed by atoms with Gasteiger partial charge in [0, 0.05) is 12.3 Å². The Kier molecular flexibility index (Phi) is 2.97. The number of carbonyl (C=O) groups excluding carboxylic acids is 1. The smallest absolute Gasteiger partial charge is 0.358 e. The Morgan fingerprint density at radius 2 is 2.41 bits per heavy atom. The fraction of sp³-hybridized carbons (Fsp3) is 0.273. The Morgan fingerprint density at radius 1 is 1.65 bits per heavy atom. The molecule has 17 heavy (non-hydrogen) atoms. The third kappa shape index (κ3) is 1.94. The monoisotopic (exact) mass is 235 g/mol. The molecule has 0 saturated heterocycles. The summed E-state index contributed by atoms with van der Waals surface area (Å²) in [5.41, 5.74) is 0.732. The van der Waals surface area contributed by atoms with Crippen LogP contribution in [-0.2, 0) is 11.3 Å². The Morgan fingerprint density at radius 3 is 3.06 bits per heavy atom. The van der Waals surface area contributed by atoms with E-state index in [1.165, 1.54) is 19.2 Å². The van der Waals surface area contributed by atoms with Crippen LogP contribution in [0.15, 0.2) is 18.3 Å². The number of hydrogen-bond acceptors (Lipinski definition) is 5. The highest BCUT2D eigenvalue weighted by atomic mass is 16.5. The summed E-state index contributed by atoms with van der Waals surface area (Å²) >= 11 is 0. The third-order valence-electron chi connectivity index (χ3n) is 2.41. The highest BCUT2D eigenvalue weighted by molar-refractivity contribution is 5.95. The van der Waals surface area contributed by atoms with Crippen LogP contribution in [0.4, 0.5) is 0 Å². The number of rotatable bonds is 3. The average molecular weight is 235 g/mol. The number of nitrogens with one attached hydrogen (secondary N) is 1. The first-order chi connectivity index (χ1) is 8.17. The van der Waals surface area contributed by atoms with Gasteiger partial charge in [-0.3, -0.25) is 0 Å². The van der Waals surface area contributed by atoms with Crippen LogP contribution in [-0.4, -0.2) is 34.6 Å². The molecule has 2 aromatic heterocycles. The summed E-state index contributed by atoms with van der Waals surface area (Å²) in [5.74, 6) is 0.247. The summed E-state index contributed by atoms with van der Waals surface area (Å²) in [6, 6.07) is 3.02. The van der Waals surface area contributed by atoms with Gasteiger partial charge < -0.3 is 19.6 Å². The molecular weight excluding hydrogens is 222 g/mol. The third-order valence-corrected chi connectivity index (χ3v) is 2.41. The van der Waals surface area contributed by atoms with Crippen LogP contribution in [0.25, 0.3) is 5.52 Å². The van der Waals surface area contributed by atoms with E-state index in [1.54, 1.807) is 17.6 Å². The number of nitrogens with zero attached hydrogens (tertiary/aromatic N) is 2. The van der Waals surface area contributed by atoms with Crippen molar-refractivity contribution in [3.05, 3.63) is 29.8 Å². The van der Waals surface area contributed by atoms with Gasteiger partial charge in [0.1, 0.15) is 11.6 Å². The number of pyridine rings is 1. The lowest BCUT2D eigenvalue weighted by molar-refractivity contribution is 0.0597. The lowest BCUT2D eigenvalue weighted by Crippen LogP contribution is -2.09. The van der Waals surface area contributed by atoms with Crippen molar-refractivity contribution in [2.75, 3.05) is 14.2 Å². The Hall–Kier alpha value is -2.08. The summed E-state index contributed by atoms with van der Waals surface area (Å²) in [6.45, 7) is 0.517. The summed E-state index contributed by atoms with van der Waals surface area (Å²) in [7, 11) is 3.09. The van der Waals surface area contributed by atoms with Gasteiger partial charge in [-0.25, -0.2) is 9.78 Å². The second-order valence-corrected chi connectivity index (χ2v) is 3.54. The standard InChI is InChI=1S/C11H13N3O3/c1-12-6-9-13-10(11(16)17-2)8-5-7(15)3-4-14(8)9/h3-5,12,15H,6H2,1-2H3. The molecule has 90 valence electrons. The summed E-state index contributed by atoms with van der Waals surface area (Å²) in [5, 5.41) is 12.4. The molecule has 6 heteroatoms. The Bertz CT molecular complexity index is 562. The zero-order chi connectivity index (χ0) is 12.4. The molecule has 2 heterocycles. The molecule has 0 aliphatic heterocycles. The van der Waals surface area contributed by atoms with Crippen molar-refractivity contribution >= 4 is 11.5 Å². The van der Waals surface area contributed by atoms with Gasteiger partial charge in [0.05, 0.1) is 19.2 Å². The number of imidazole rings is 1. The molecule has 0 saturated carbocycles. The maximum Gasteiger partial charge on any atom is 0.358 e. The Balaban J connectivity index is 2.66. The number of methoxy groups -OCH3 is 1. The Labute approximate surface area is 97.8 Å². The molecule has 0 aliphatic rings. The molecule has 0 unspecified atom stereocenters. The van der Waals surface area contributed by atoms with Gasteiger partial charge in [0.25, 0.3) is 0 Å². The predicted octanol–water partition coefficient (Wildman–Crippen LogP) is 0.546. The normalized spacial score (nSPS) is 10.7. The van der Waals surface area contributed by atoms with E-state index in [4.69, 9.17) is 0 Å². The van der Waals surface area contributed by atoms with Gasteiger partial charge in [-0.1, -0.05) is 0 Å². The first kappa shape index (κ1) is 11.4. The molecule has 2 rings (SSSR count). The molecular formula is C11H13N3O3. The minimum Gasteiger partial charge on any atom is -0.508 e. The molecule has 0 aromatic carbocycles. The summed E-state index contributed by atoms with van der Waals surface area (Å²) in [4.78, 5) is 15.8. The van der Waals surface area contributed by atoms with Gasteiger partial charge >= 0.3 is 5.97 Å². The van der Waals surface area contributed by atoms with E-state index < -0.39 is 5.97 Å². The fourth-order valence-electron chi connectivity index (χ4n) is 1.67. The van der Waals surface area contributed by atoms with E-state index >= 15 is 0 Å². The second kappa shape index (κ2) is 4.42. The number of aromatic hydroxyl groups is 1. The quantitative estimate of drug-likeness (QED) is 0.760. The average Bonchev–Trinajstić information content (AvgIpc) is 2.67. The van der Waals surface area contributed by atoms with Crippen LogP contribution in [0.1, 0.15) is 16.3 Å². The molecule has 2 N–H and O–H groups in total. The molecule has 0 fully saturated rings. The summed E-state index contributed by atoms with van der Waals surface area (Å²) in [6.07, 6.45) is 1.66. The van der Waals surface area contributed by atoms with Crippen molar-refractivity contribution in [1.82, 2.24) is 14.7 Å². The maximum atomic E-state index is 11.6. The minimum atomic E-state index is -0.518. The lowest BCUT2D eigenvalue weighted by atomic mass is 10.3. The largest absolute Gasteiger partial charge is 0.508 e. The highest BCUT2D eigenvalue weighted by Crippen LogP contribution is 2.19. The molecule has 0 amide bonds. The maximum absolute atomic E-state index is 11.6. The van der Waals surface area contributed by atoms with Crippen molar-refractivity contribution in [2.24, 2.45) is 0 Å². The van der Waals surface area contributed by atoms with Crippen LogP contribution in [0, 0.1) is 0 Å². The summed E-state index contributed by atoms with van der Waals surface area (Å²) < 4.78 is 6.40. The van der Waals surface area contributed by atoms with Crippen molar-refractivity contribution in [2.45, 2.75) is 6.54 Å². The van der Waals surface area contributed by atoms with Gasteiger partial charge in [0.15, 0.2) is 5.69 Å². The van der Waals surface area contributed by atoms with Crippen molar-refractivity contribution in [1.29, 1.82) is 0 Å². The number of aromatic nitrogens is 2. The number of esters is 1. The van der Waals surface area contributed by atoms with E-state index in [-0.39, 0.29) is 11.4 Å². The number of hydrogen-bond donors (Lipinski definition) is 2. The van der Waals surface area contributed by atoms with Gasteiger partial charge in [-0.2, -0.15) is 0 Å². The van der Waals surface area contributed by atoms with E-state index in [2.05, 4.69) is 15.0 Å². The number of carbonyl (C=O) groups is 1. The molecule has 0 atom stereocenters. The first-order valence-corrected chi connectivity index (χ1v) is 5.10. The number of ether oxygens (including phenoxy) is 1. The van der Waals surface area contributed by atoms with Crippen LogP contribution >= 0.6 is 0 Å². The molecule has 6 nitrogen and oxygen atoms in total. The van der Waals surface area contributed by atoms with Gasteiger partial charge in [-0.05, 0) is 13.1 Å². The topological polar surface area (TPSA) is 75.9 Å². The van der Waals surface area contributed by atoms with E-state index in [1.807, 2.05) is 0 Å². The molecule has 0 bridgehead atoms. The number of fused-ring (bicyclic) bond motifs is 1. The predicted molar refractivity (Wildman–Crippen MR) is 61.0 cm³/mol. The van der Waals surface area contributed by atoms with Crippen LogP contribution in [0.3, 0.4) is 0 Å². The second-order valence-electron chi connectivity index (χ2n) is 3.54. The van der Waals surface area contributed by atoms with Crippen molar-refractivity contribution in [3.63, 3.8) is 0 Å². The molecule has 0 spiro atoms. The van der Waals surface area contributed by atoms with Crippen LogP contribution in [0.2, 0.25) is 0 Å². The zero-order valence-electron chi connectivity index (χ0n) is 9.60. The van der Waals surface area contributed by atoms with E-state index in [0.29, 0.717) is 17.9 Å². The molecule has 0 aliphatic carbocycles.